The van der Waals surface area contributed by atoms with Crippen molar-refractivity contribution in [1.82, 2.24) is 61.6 Å². The molecule has 6 aromatic carbocycles. The summed E-state index contributed by atoms with van der Waals surface area (Å²) in [6.07, 6.45) is -2.00. The van der Waals surface area contributed by atoms with E-state index in [4.69, 9.17) is 68.2 Å². The number of rotatable bonds is 21. The van der Waals surface area contributed by atoms with Crippen LogP contribution >= 0.6 is 23.2 Å². The number of carbonyl (C=O) groups is 8. The first-order valence-corrected chi connectivity index (χ1v) is 46.1. The molecule has 2 saturated heterocycles. The number of carboxylic acid groups (broad SMARTS) is 1. The van der Waals surface area contributed by atoms with Crippen LogP contribution in [0.3, 0.4) is 0 Å². The molecular formula is C104H112Cl2F9N15O14. The Labute approximate surface area is 834 Å². The molecule has 764 valence electrons. The van der Waals surface area contributed by atoms with Crippen LogP contribution in [0, 0.1) is 0 Å². The SMILES string of the molecule is CC(C)(C)OC(=O)NCCN(C(=O)c1ccc(-c2cc(C(F)(F)F)c3oc(CNC(=O)/C=C/c4ccc(N)nc4)cc3c2)cc1)C(C)(C)C.CC1(C)CN(C(=O)OC(C)(C)C)CCN1.CC1(C)CNCCN1C(=O)c1ccc(-c2cc(C(F)(F)F)c3oc(CNC(=O)/C=C/c4ccc(N)nc4)cc3c2)cc1.ClCCl.Nc1ccc(/C=C/C(=O)NCc2cc3cc(-c4ccc(C(=O)O)cc4)cc(C(F)(F)F)c3o2)cn1. The summed E-state index contributed by atoms with van der Waals surface area (Å²) < 4.78 is 153. The maximum absolute atomic E-state index is 14.2. The summed E-state index contributed by atoms with van der Waals surface area (Å²) in [6, 6.07) is 40.2. The highest BCUT2D eigenvalue weighted by molar-refractivity contribution is 6.40. The maximum atomic E-state index is 14.2. The number of pyridine rings is 3. The van der Waals surface area contributed by atoms with E-state index in [1.54, 1.807) is 128 Å². The summed E-state index contributed by atoms with van der Waals surface area (Å²) >= 11 is 9.53. The topological polar surface area (TPSA) is 413 Å². The first kappa shape index (κ1) is 111. The van der Waals surface area contributed by atoms with Crippen LogP contribution in [0.1, 0.15) is 172 Å². The Hall–Kier alpha value is -14.8. The smallest absolute Gasteiger partial charge is 0.420 e. The number of alkyl halides is 11. The molecule has 144 heavy (non-hydrogen) atoms. The van der Waals surface area contributed by atoms with Crippen LogP contribution < -0.4 is 49.1 Å². The number of alkyl carbamates (subject to hydrolysis) is 1. The fourth-order valence-corrected chi connectivity index (χ4v) is 14.8. The lowest BCUT2D eigenvalue weighted by molar-refractivity contribution is -0.137. The maximum Gasteiger partial charge on any atom is 0.420 e. The lowest BCUT2D eigenvalue weighted by Crippen LogP contribution is -2.59. The van der Waals surface area contributed by atoms with Crippen LogP contribution in [0.15, 0.2) is 214 Å². The van der Waals surface area contributed by atoms with E-state index >= 15 is 0 Å². The minimum absolute atomic E-state index is 0.0187. The molecule has 14 rings (SSSR count). The lowest BCUT2D eigenvalue weighted by Gasteiger charge is -2.42. The van der Waals surface area contributed by atoms with Crippen LogP contribution in [0.5, 0.6) is 0 Å². The Balaban J connectivity index is 0.000000205. The molecule has 13 N–H and O–H groups in total. The molecule has 6 aromatic heterocycles. The predicted octanol–water partition coefficient (Wildman–Crippen LogP) is 20.6. The summed E-state index contributed by atoms with van der Waals surface area (Å²) in [5.41, 5.74) is 15.7. The van der Waals surface area contributed by atoms with Gasteiger partial charge >= 0.3 is 36.7 Å². The Bertz CT molecular complexity index is 6630. The number of nitrogens with one attached hydrogen (secondary N) is 6. The van der Waals surface area contributed by atoms with Gasteiger partial charge in [0.15, 0.2) is 0 Å². The molecule has 12 aromatic rings. The molecule has 2 aliphatic rings. The van der Waals surface area contributed by atoms with E-state index < -0.39 is 81.7 Å². The molecule has 0 saturated carbocycles. The number of benzene rings is 6. The minimum atomic E-state index is -4.72. The molecule has 29 nitrogen and oxygen atoms in total. The van der Waals surface area contributed by atoms with E-state index in [2.05, 4.69) is 60.7 Å². The van der Waals surface area contributed by atoms with E-state index in [-0.39, 0.29) is 134 Å². The number of nitrogen functional groups attached to an aromatic ring is 3. The molecular weight excluding hydrogens is 1930 g/mol. The van der Waals surface area contributed by atoms with Gasteiger partial charge in [0.25, 0.3) is 11.8 Å². The predicted molar refractivity (Wildman–Crippen MR) is 535 cm³/mol. The number of carboxylic acids is 1. The molecule has 0 spiro atoms. The van der Waals surface area contributed by atoms with Crippen LogP contribution in [0.25, 0.3) is 84.5 Å². The Kier molecular flexibility index (Phi) is 36.6. The average Bonchev–Trinajstić information content (AvgIpc) is 1.60. The normalized spacial score (nSPS) is 13.8. The number of carbonyl (C=O) groups excluding carboxylic acids is 7. The van der Waals surface area contributed by atoms with Crippen molar-refractivity contribution in [2.75, 3.05) is 74.9 Å². The molecule has 0 radical (unpaired) electrons. The molecule has 0 atom stereocenters. The summed E-state index contributed by atoms with van der Waals surface area (Å²) in [5.74, 6) is -1.50. The number of hydrogen-bond donors (Lipinski definition) is 10. The fourth-order valence-electron chi connectivity index (χ4n) is 14.8. The summed E-state index contributed by atoms with van der Waals surface area (Å²) in [7, 11) is 0. The Morgan fingerprint density at radius 1 is 0.479 bits per heavy atom. The van der Waals surface area contributed by atoms with Crippen LogP contribution in [0.2, 0.25) is 0 Å². The van der Waals surface area contributed by atoms with Gasteiger partial charge in [0.2, 0.25) is 17.7 Å². The minimum Gasteiger partial charge on any atom is -0.478 e. The van der Waals surface area contributed by atoms with E-state index in [1.165, 1.54) is 104 Å². The van der Waals surface area contributed by atoms with Crippen molar-refractivity contribution in [3.63, 3.8) is 0 Å². The average molecular weight is 2040 g/mol. The second-order valence-corrected chi connectivity index (χ2v) is 38.3. The van der Waals surface area contributed by atoms with Gasteiger partial charge in [-0.3, -0.25) is 24.0 Å². The second kappa shape index (κ2) is 47.4. The zero-order valence-electron chi connectivity index (χ0n) is 81.1. The number of nitrogens with two attached hydrogens (primary N) is 3. The molecule has 7 amide bonds. The third-order valence-corrected chi connectivity index (χ3v) is 21.7. The number of halogens is 11. The van der Waals surface area contributed by atoms with Crippen molar-refractivity contribution in [1.29, 1.82) is 0 Å². The van der Waals surface area contributed by atoms with Crippen molar-refractivity contribution in [2.24, 2.45) is 0 Å². The number of furan rings is 3. The number of anilines is 3. The van der Waals surface area contributed by atoms with Crippen molar-refractivity contribution in [3.05, 3.63) is 268 Å². The van der Waals surface area contributed by atoms with Gasteiger partial charge in [-0.15, -0.1) is 23.2 Å². The van der Waals surface area contributed by atoms with E-state index in [9.17, 15) is 77.9 Å². The van der Waals surface area contributed by atoms with Gasteiger partial charge in [0.1, 0.15) is 62.7 Å². The summed E-state index contributed by atoms with van der Waals surface area (Å²) in [6.45, 7) is 28.8. The number of piperazine rings is 2. The van der Waals surface area contributed by atoms with Gasteiger partial charge in [-0.1, -0.05) is 36.4 Å². The zero-order chi connectivity index (χ0) is 106. The Morgan fingerprint density at radius 2 is 0.840 bits per heavy atom. The Morgan fingerprint density at radius 3 is 1.16 bits per heavy atom. The third-order valence-electron chi connectivity index (χ3n) is 21.7. The van der Waals surface area contributed by atoms with Crippen LogP contribution in [-0.2, 0) is 62.0 Å². The van der Waals surface area contributed by atoms with Crippen molar-refractivity contribution < 1.29 is 106 Å². The van der Waals surface area contributed by atoms with Gasteiger partial charge in [-0.25, -0.2) is 29.3 Å². The molecule has 2 aliphatic heterocycles. The molecule has 0 unspecified atom stereocenters. The largest absolute Gasteiger partial charge is 0.478 e. The molecule has 8 heterocycles. The van der Waals surface area contributed by atoms with Crippen molar-refractivity contribution in [3.8, 4) is 33.4 Å². The summed E-state index contributed by atoms with van der Waals surface area (Å²) in [5, 5.41) is 26.9. The highest BCUT2D eigenvalue weighted by Gasteiger charge is 2.40. The van der Waals surface area contributed by atoms with Gasteiger partial charge < -0.3 is 91.6 Å². The quantitative estimate of drug-likeness (QED) is 0.0181. The fraction of sp³-hybridized carbons (Fsp3) is 0.317. The van der Waals surface area contributed by atoms with E-state index in [1.807, 2.05) is 60.3 Å². The molecule has 2 fully saturated rings. The second-order valence-electron chi connectivity index (χ2n) is 37.5. The summed E-state index contributed by atoms with van der Waals surface area (Å²) in [4.78, 5) is 115. The standard InChI is InChI=1S/C36H40F3N5O5.C31H30F3N5O3.C25H18F3N3O4.C11H22N2O2.CH2Cl2/c1-34(2,3)44(16-15-41-33(47)49-35(4,5)6)32(46)24-11-9-23(10-12-24)25-17-26-18-27(48-31(26)28(19-25)36(37,38)39)21-43-30(45)14-8-22-7-13-29(40)42-20-22;1-30(2)18-36-11-12-39(30)29(41)21-7-5-20(6-8-21)22-13-23-14-24(42-28(23)25(15-22)31(32,33)34)17-38-27(40)10-4-19-3-9-26(35)37-16-19;26-25(27,28)20-11-17(15-3-5-16(6-4-15)24(33)34)9-18-10-19(35-23(18)20)13-31-22(32)8-2-14-1-7-21(29)30-12-14;1-10(2,3)15-9(14)13-7-6-12-11(4,5)8-13;2-1-3/h7-14,17-20H,15-16,21H2,1-6H3,(H2,40,42)(H,41,47)(H,43,45);3-10,13-16,36H,11-12,17-18H2,1-2H3,(H2,35,37)(H,38,40);1-12H,13H2,(H2,29,30)(H,31,32)(H,33,34);12H,6-8H2,1-5H3;1H2/b14-8+;10-4+;8-2+;;. The third kappa shape index (κ3) is 32.6. The van der Waals surface area contributed by atoms with E-state index in [0.717, 1.165) is 31.3 Å². The number of nitrogens with zero attached hydrogens (tertiary/aromatic N) is 6. The number of hydrogen-bond acceptors (Lipinski definition) is 21. The first-order chi connectivity index (χ1) is 67.4. The number of amides is 7. The monoisotopic (exact) mass is 2040 g/mol. The molecule has 0 bridgehead atoms. The zero-order valence-corrected chi connectivity index (χ0v) is 82.6. The van der Waals surface area contributed by atoms with Crippen LogP contribution in [0.4, 0.5) is 66.6 Å². The number of fused-ring (bicyclic) bond motifs is 3. The number of aromatic nitrogens is 3. The van der Waals surface area contributed by atoms with Gasteiger partial charge in [-0.2, -0.15) is 39.5 Å². The lowest BCUT2D eigenvalue weighted by atomic mass is 9.97. The molecule has 40 heteroatoms. The first-order valence-electron chi connectivity index (χ1n) is 45.1. The highest BCUT2D eigenvalue weighted by atomic mass is 35.5. The van der Waals surface area contributed by atoms with E-state index in [0.29, 0.717) is 93.7 Å². The van der Waals surface area contributed by atoms with Crippen molar-refractivity contribution >= 4 is 139 Å². The van der Waals surface area contributed by atoms with Crippen molar-refractivity contribution in [2.45, 2.75) is 156 Å². The van der Waals surface area contributed by atoms with Gasteiger partial charge in [-0.05, 0) is 286 Å². The van der Waals surface area contributed by atoms with Gasteiger partial charge in [0, 0.05) is 128 Å². The number of ether oxygens (including phenoxy) is 2. The number of aromatic carboxylic acids is 1. The van der Waals surface area contributed by atoms with Crippen LogP contribution in [-0.4, -0.2) is 168 Å². The molecule has 0 aliphatic carbocycles. The highest BCUT2D eigenvalue weighted by Crippen LogP contribution is 2.44. The van der Waals surface area contributed by atoms with Gasteiger partial charge in [0.05, 0.1) is 52.8 Å².